The van der Waals surface area contributed by atoms with E-state index in [0.717, 1.165) is 11.1 Å². The van der Waals surface area contributed by atoms with Gasteiger partial charge in [-0.05, 0) is 37.3 Å². The lowest BCUT2D eigenvalue weighted by atomic mass is 10.1. The minimum Gasteiger partial charge on any atom is -0.300 e. The van der Waals surface area contributed by atoms with Gasteiger partial charge in [-0.3, -0.25) is 14.5 Å². The molecule has 0 atom stereocenters. The van der Waals surface area contributed by atoms with Crippen LogP contribution in [0.2, 0.25) is 0 Å². The number of aryl methyl sites for hydroxylation is 1. The van der Waals surface area contributed by atoms with E-state index in [1.807, 2.05) is 31.2 Å². The van der Waals surface area contributed by atoms with Crippen molar-refractivity contribution in [3.8, 4) is 22.6 Å². The fraction of sp³-hybridized carbons (Fsp3) is 0.100. The standard InChI is InChI=1S/C20H16FN5OS2/c1-12-4-2-6-14(8-12)18-24-25-20(28)26(18)10-17(27)23-19-22-16(11-29-19)13-5-3-7-15(21)9-13/h2-9,11H,10H2,1H3,(H,25,28)(H,22,23,27). The van der Waals surface area contributed by atoms with Crippen LogP contribution in [-0.2, 0) is 11.3 Å². The number of benzene rings is 2. The molecule has 6 nitrogen and oxygen atoms in total. The molecule has 146 valence electrons. The van der Waals surface area contributed by atoms with Gasteiger partial charge in [0.25, 0.3) is 0 Å². The van der Waals surface area contributed by atoms with E-state index in [-0.39, 0.29) is 18.3 Å². The second kappa shape index (κ2) is 8.06. The van der Waals surface area contributed by atoms with Crippen molar-refractivity contribution in [1.29, 1.82) is 0 Å². The first-order valence-corrected chi connectivity index (χ1v) is 10.0. The molecule has 2 N–H and O–H groups in total. The van der Waals surface area contributed by atoms with Gasteiger partial charge in [0.05, 0.1) is 5.69 Å². The number of aromatic amines is 1. The third kappa shape index (κ3) is 4.30. The summed E-state index contributed by atoms with van der Waals surface area (Å²) >= 11 is 6.56. The van der Waals surface area contributed by atoms with Crippen LogP contribution >= 0.6 is 23.6 Å². The van der Waals surface area contributed by atoms with Crippen LogP contribution in [0.4, 0.5) is 9.52 Å². The first kappa shape index (κ1) is 19.2. The van der Waals surface area contributed by atoms with Gasteiger partial charge in [-0.1, -0.05) is 35.9 Å². The van der Waals surface area contributed by atoms with E-state index in [4.69, 9.17) is 12.2 Å². The van der Waals surface area contributed by atoms with E-state index < -0.39 is 0 Å². The van der Waals surface area contributed by atoms with E-state index in [1.165, 1.54) is 23.5 Å². The molecule has 1 amide bonds. The molecule has 4 rings (SSSR count). The molecule has 0 fully saturated rings. The Hall–Kier alpha value is -3.17. The average Bonchev–Trinajstić information content (AvgIpc) is 3.29. The van der Waals surface area contributed by atoms with Gasteiger partial charge in [-0.15, -0.1) is 11.3 Å². The minimum absolute atomic E-state index is 0.00646. The summed E-state index contributed by atoms with van der Waals surface area (Å²) < 4.78 is 15.4. The van der Waals surface area contributed by atoms with Gasteiger partial charge in [0, 0.05) is 16.5 Å². The van der Waals surface area contributed by atoms with Gasteiger partial charge in [0.15, 0.2) is 15.7 Å². The zero-order valence-corrected chi connectivity index (χ0v) is 17.0. The van der Waals surface area contributed by atoms with Gasteiger partial charge in [-0.25, -0.2) is 9.37 Å². The molecule has 0 radical (unpaired) electrons. The minimum atomic E-state index is -0.334. The molecule has 0 bridgehead atoms. The van der Waals surface area contributed by atoms with Crippen molar-refractivity contribution in [3.63, 3.8) is 0 Å². The summed E-state index contributed by atoms with van der Waals surface area (Å²) in [6, 6.07) is 14.0. The van der Waals surface area contributed by atoms with Crippen LogP contribution in [0, 0.1) is 17.5 Å². The Bertz CT molecular complexity index is 1240. The summed E-state index contributed by atoms with van der Waals surface area (Å²) in [4.78, 5) is 16.9. The highest BCUT2D eigenvalue weighted by Crippen LogP contribution is 2.25. The summed E-state index contributed by atoms with van der Waals surface area (Å²) in [7, 11) is 0. The largest absolute Gasteiger partial charge is 0.300 e. The van der Waals surface area contributed by atoms with Crippen LogP contribution in [0.15, 0.2) is 53.9 Å². The van der Waals surface area contributed by atoms with Crippen molar-refractivity contribution in [3.05, 3.63) is 70.1 Å². The molecule has 0 unspecified atom stereocenters. The van der Waals surface area contributed by atoms with Gasteiger partial charge in [0.2, 0.25) is 5.91 Å². The second-order valence-electron chi connectivity index (χ2n) is 6.40. The monoisotopic (exact) mass is 425 g/mol. The molecular weight excluding hydrogens is 409 g/mol. The Morgan fingerprint density at radius 3 is 2.83 bits per heavy atom. The van der Waals surface area contributed by atoms with Gasteiger partial charge in [-0.2, -0.15) is 5.10 Å². The number of nitrogens with one attached hydrogen (secondary N) is 2. The van der Waals surface area contributed by atoms with Crippen LogP contribution in [-0.4, -0.2) is 25.7 Å². The SMILES string of the molecule is Cc1cccc(-c2n[nH]c(=S)n2CC(=O)Nc2nc(-c3cccc(F)c3)cs2)c1. The molecule has 0 aliphatic heterocycles. The number of halogens is 1. The number of carbonyl (C=O) groups excluding carboxylic acids is 1. The second-order valence-corrected chi connectivity index (χ2v) is 7.65. The number of nitrogens with zero attached hydrogens (tertiary/aromatic N) is 3. The summed E-state index contributed by atoms with van der Waals surface area (Å²) in [5.74, 6) is -0.0240. The average molecular weight is 426 g/mol. The zero-order valence-electron chi connectivity index (χ0n) is 15.3. The number of amides is 1. The third-order valence-corrected chi connectivity index (χ3v) is 5.28. The third-order valence-electron chi connectivity index (χ3n) is 4.21. The van der Waals surface area contributed by atoms with Gasteiger partial charge in [0.1, 0.15) is 12.4 Å². The number of hydrogen-bond donors (Lipinski definition) is 2. The molecule has 0 aliphatic rings. The maximum Gasteiger partial charge on any atom is 0.246 e. The van der Waals surface area contributed by atoms with Gasteiger partial charge >= 0.3 is 0 Å². The van der Waals surface area contributed by atoms with Crippen LogP contribution < -0.4 is 5.32 Å². The fourth-order valence-corrected chi connectivity index (χ4v) is 3.82. The Morgan fingerprint density at radius 1 is 1.24 bits per heavy atom. The number of rotatable bonds is 5. The lowest BCUT2D eigenvalue weighted by Crippen LogP contribution is -2.19. The molecule has 2 heterocycles. The molecule has 4 aromatic rings. The lowest BCUT2D eigenvalue weighted by Gasteiger charge is -2.07. The maximum absolute atomic E-state index is 13.4. The van der Waals surface area contributed by atoms with Crippen molar-refractivity contribution in [2.75, 3.05) is 5.32 Å². The van der Waals surface area contributed by atoms with Crippen molar-refractivity contribution in [2.45, 2.75) is 13.5 Å². The summed E-state index contributed by atoms with van der Waals surface area (Å²) in [5.41, 5.74) is 3.21. The van der Waals surface area contributed by atoms with E-state index in [1.54, 1.807) is 22.1 Å². The molecule has 0 aliphatic carbocycles. The molecule has 0 spiro atoms. The predicted octanol–water partition coefficient (Wildman–Crippen LogP) is 4.82. The van der Waals surface area contributed by atoms with Crippen molar-refractivity contribution in [2.24, 2.45) is 0 Å². The molecule has 0 saturated carbocycles. The van der Waals surface area contributed by atoms with Crippen LogP contribution in [0.5, 0.6) is 0 Å². The van der Waals surface area contributed by atoms with E-state index in [9.17, 15) is 9.18 Å². The van der Waals surface area contributed by atoms with Crippen molar-refractivity contribution < 1.29 is 9.18 Å². The summed E-state index contributed by atoms with van der Waals surface area (Å²) in [6.07, 6.45) is 0. The number of aromatic nitrogens is 4. The summed E-state index contributed by atoms with van der Waals surface area (Å²) in [5, 5.41) is 12.0. The predicted molar refractivity (Wildman–Crippen MR) is 114 cm³/mol. The van der Waals surface area contributed by atoms with Gasteiger partial charge < -0.3 is 5.32 Å². The van der Waals surface area contributed by atoms with Crippen molar-refractivity contribution in [1.82, 2.24) is 19.7 Å². The number of H-pyrrole nitrogens is 1. The van der Waals surface area contributed by atoms with E-state index in [0.29, 0.717) is 27.0 Å². The van der Waals surface area contributed by atoms with E-state index >= 15 is 0 Å². The number of anilines is 1. The van der Waals surface area contributed by atoms with E-state index in [2.05, 4.69) is 20.5 Å². The topological polar surface area (TPSA) is 75.6 Å². The Kier molecular flexibility index (Phi) is 5.32. The number of thiazole rings is 1. The quantitative estimate of drug-likeness (QED) is 0.450. The van der Waals surface area contributed by atoms with Crippen LogP contribution in [0.25, 0.3) is 22.6 Å². The first-order chi connectivity index (χ1) is 14.0. The molecule has 2 aromatic carbocycles. The summed E-state index contributed by atoms with van der Waals surface area (Å²) in [6.45, 7) is 1.98. The maximum atomic E-state index is 13.4. The van der Waals surface area contributed by atoms with Crippen LogP contribution in [0.3, 0.4) is 0 Å². The zero-order chi connectivity index (χ0) is 20.4. The number of carbonyl (C=O) groups is 1. The van der Waals surface area contributed by atoms with Crippen molar-refractivity contribution >= 4 is 34.6 Å². The smallest absolute Gasteiger partial charge is 0.246 e. The highest BCUT2D eigenvalue weighted by atomic mass is 32.1. The number of hydrogen-bond acceptors (Lipinski definition) is 5. The van der Waals surface area contributed by atoms with Crippen LogP contribution in [0.1, 0.15) is 5.56 Å². The normalized spacial score (nSPS) is 10.8. The highest BCUT2D eigenvalue weighted by molar-refractivity contribution is 7.71. The first-order valence-electron chi connectivity index (χ1n) is 8.73. The molecular formula is C20H16FN5OS2. The molecule has 9 heteroatoms. The highest BCUT2D eigenvalue weighted by Gasteiger charge is 2.14. The lowest BCUT2D eigenvalue weighted by molar-refractivity contribution is -0.116. The fourth-order valence-electron chi connectivity index (χ4n) is 2.88. The molecule has 0 saturated heterocycles. The Labute approximate surface area is 175 Å². The Balaban J connectivity index is 1.52. The molecule has 2 aromatic heterocycles. The Morgan fingerprint density at radius 2 is 2.03 bits per heavy atom. The molecule has 29 heavy (non-hydrogen) atoms.